The molecule has 0 saturated carbocycles. The van der Waals surface area contributed by atoms with Crippen LogP contribution in [0.5, 0.6) is 0 Å². The summed E-state index contributed by atoms with van der Waals surface area (Å²) < 4.78 is 111. The number of rotatable bonds is 7. The monoisotopic (exact) mass is 510 g/mol. The first-order valence-electron chi connectivity index (χ1n) is 10.3. The van der Waals surface area contributed by atoms with Gasteiger partial charge in [0, 0.05) is 12.6 Å². The second-order valence-corrected chi connectivity index (χ2v) is 10.2. The molecule has 2 aromatic carbocycles. The lowest BCUT2D eigenvalue weighted by molar-refractivity contribution is -0.143. The van der Waals surface area contributed by atoms with Crippen molar-refractivity contribution in [1.82, 2.24) is 10.0 Å². The Hall–Kier alpha value is -2.15. The fraction of sp³-hybridized carbons (Fsp3) is 0.455. The molecule has 0 amide bonds. The Morgan fingerprint density at radius 2 is 1.62 bits per heavy atom. The summed E-state index contributed by atoms with van der Waals surface area (Å²) in [4.78, 5) is 0. The molecule has 0 aliphatic carbocycles. The van der Waals surface area contributed by atoms with Crippen molar-refractivity contribution < 1.29 is 39.5 Å². The third kappa shape index (κ3) is 6.49. The van der Waals surface area contributed by atoms with E-state index in [1.165, 1.54) is 6.92 Å². The largest absolute Gasteiger partial charge is 0.416 e. The van der Waals surface area contributed by atoms with E-state index in [9.17, 15) is 34.8 Å². The summed E-state index contributed by atoms with van der Waals surface area (Å²) in [5.41, 5.74) is -3.25. The molecule has 12 heteroatoms. The highest BCUT2D eigenvalue weighted by molar-refractivity contribution is 7.88. The smallest absolute Gasteiger partial charge is 0.372 e. The van der Waals surface area contributed by atoms with Gasteiger partial charge >= 0.3 is 12.4 Å². The van der Waals surface area contributed by atoms with Gasteiger partial charge in [0.25, 0.3) is 0 Å². The Balaban J connectivity index is 1.88. The Morgan fingerprint density at radius 1 is 1.06 bits per heavy atom. The lowest BCUT2D eigenvalue weighted by Gasteiger charge is -2.32. The molecule has 0 radical (unpaired) electrons. The van der Waals surface area contributed by atoms with Crippen molar-refractivity contribution >= 4 is 10.0 Å². The lowest BCUT2D eigenvalue weighted by atomic mass is 9.88. The molecule has 3 rings (SSSR count). The van der Waals surface area contributed by atoms with Crippen molar-refractivity contribution in [3.63, 3.8) is 0 Å². The van der Waals surface area contributed by atoms with Crippen LogP contribution < -0.4 is 10.0 Å². The molecular weight excluding hydrogens is 486 g/mol. The van der Waals surface area contributed by atoms with Gasteiger partial charge < -0.3 is 10.1 Å². The van der Waals surface area contributed by atoms with Gasteiger partial charge in [0.05, 0.1) is 35.6 Å². The Morgan fingerprint density at radius 3 is 2.12 bits per heavy atom. The predicted octanol–water partition coefficient (Wildman–Crippen LogP) is 4.61. The van der Waals surface area contributed by atoms with Crippen LogP contribution in [0.2, 0.25) is 0 Å². The van der Waals surface area contributed by atoms with Gasteiger partial charge in [0.2, 0.25) is 10.0 Å². The van der Waals surface area contributed by atoms with Crippen LogP contribution in [0.3, 0.4) is 0 Å². The number of nitrogens with one attached hydrogen (secondary N) is 2. The SMILES string of the molecule is C[C@@H](OC[C@@]1(c2ccccc2)C[C@H](NS(C)(=O)=O)CN1)c1cc(C(F)(F)F)cc(C(F)(F)F)c1. The van der Waals surface area contributed by atoms with Crippen LogP contribution in [0.25, 0.3) is 0 Å². The van der Waals surface area contributed by atoms with Crippen molar-refractivity contribution in [2.45, 2.75) is 43.4 Å². The molecule has 1 heterocycles. The van der Waals surface area contributed by atoms with Crippen molar-refractivity contribution in [2.75, 3.05) is 19.4 Å². The standard InChI is InChI=1S/C22H24F6N2O3S/c1-14(15-8-17(21(23,24)25)10-18(9-15)22(26,27)28)33-13-20(16-6-4-3-5-7-16)11-19(12-29-20)30-34(2,31)32/h3-10,14,19,29-30H,11-13H2,1-2H3/t14-,19+,20-/m1/s1. The van der Waals surface area contributed by atoms with E-state index in [1.807, 2.05) is 0 Å². The van der Waals surface area contributed by atoms with E-state index in [2.05, 4.69) is 10.0 Å². The van der Waals surface area contributed by atoms with Gasteiger partial charge in [-0.3, -0.25) is 0 Å². The van der Waals surface area contributed by atoms with E-state index >= 15 is 0 Å². The summed E-state index contributed by atoms with van der Waals surface area (Å²) in [6, 6.07) is 9.77. The molecule has 188 valence electrons. The molecule has 0 spiro atoms. The minimum Gasteiger partial charge on any atom is -0.372 e. The van der Waals surface area contributed by atoms with Crippen LogP contribution in [0.1, 0.15) is 41.7 Å². The van der Waals surface area contributed by atoms with Gasteiger partial charge in [-0.25, -0.2) is 13.1 Å². The summed E-state index contributed by atoms with van der Waals surface area (Å²) in [7, 11) is -3.50. The van der Waals surface area contributed by atoms with Crippen molar-refractivity contribution in [2.24, 2.45) is 0 Å². The molecule has 2 aromatic rings. The first-order chi connectivity index (χ1) is 15.6. The summed E-state index contributed by atoms with van der Waals surface area (Å²) in [5.74, 6) is 0. The zero-order valence-electron chi connectivity index (χ0n) is 18.3. The van der Waals surface area contributed by atoms with Crippen LogP contribution in [0, 0.1) is 0 Å². The zero-order valence-corrected chi connectivity index (χ0v) is 19.1. The van der Waals surface area contributed by atoms with Crippen LogP contribution in [-0.4, -0.2) is 33.9 Å². The van der Waals surface area contributed by atoms with E-state index in [-0.39, 0.29) is 31.2 Å². The molecule has 5 nitrogen and oxygen atoms in total. The number of sulfonamides is 1. The summed E-state index contributed by atoms with van der Waals surface area (Å²) in [6.45, 7) is 1.52. The first kappa shape index (κ1) is 26.5. The molecule has 3 atom stereocenters. The summed E-state index contributed by atoms with van der Waals surface area (Å²) in [6.07, 6.45) is -9.72. The first-order valence-corrected chi connectivity index (χ1v) is 12.2. The van der Waals surface area contributed by atoms with Crippen molar-refractivity contribution in [3.05, 3.63) is 70.8 Å². The van der Waals surface area contributed by atoms with Gasteiger partial charge in [-0.15, -0.1) is 0 Å². The number of alkyl halides is 6. The topological polar surface area (TPSA) is 67.4 Å². The molecule has 1 aliphatic heterocycles. The minimum atomic E-state index is -4.96. The molecule has 1 aliphatic rings. The van der Waals surface area contributed by atoms with E-state index in [1.54, 1.807) is 30.3 Å². The van der Waals surface area contributed by atoms with E-state index < -0.39 is 51.2 Å². The Labute approximate surface area is 193 Å². The van der Waals surface area contributed by atoms with E-state index in [4.69, 9.17) is 4.74 Å². The molecule has 2 N–H and O–H groups in total. The van der Waals surface area contributed by atoms with Crippen molar-refractivity contribution in [3.8, 4) is 0 Å². The second-order valence-electron chi connectivity index (χ2n) is 8.41. The number of hydrogen-bond acceptors (Lipinski definition) is 4. The van der Waals surface area contributed by atoms with Crippen LogP contribution in [0.15, 0.2) is 48.5 Å². The number of ether oxygens (including phenoxy) is 1. The van der Waals surface area contributed by atoms with Crippen molar-refractivity contribution in [1.29, 1.82) is 0 Å². The maximum absolute atomic E-state index is 13.2. The Kier molecular flexibility index (Phi) is 7.38. The van der Waals surface area contributed by atoms with Crippen LogP contribution in [-0.2, 0) is 32.7 Å². The average Bonchev–Trinajstić information content (AvgIpc) is 3.13. The van der Waals surface area contributed by atoms with Gasteiger partial charge in [0.15, 0.2) is 0 Å². The summed E-state index contributed by atoms with van der Waals surface area (Å²) >= 11 is 0. The highest BCUT2D eigenvalue weighted by atomic mass is 32.2. The third-order valence-electron chi connectivity index (χ3n) is 5.65. The molecule has 0 bridgehead atoms. The average molecular weight is 511 g/mol. The lowest BCUT2D eigenvalue weighted by Crippen LogP contribution is -2.41. The number of benzene rings is 2. The fourth-order valence-corrected chi connectivity index (χ4v) is 4.79. The van der Waals surface area contributed by atoms with Crippen LogP contribution in [0.4, 0.5) is 26.3 Å². The van der Waals surface area contributed by atoms with Gasteiger partial charge in [-0.2, -0.15) is 26.3 Å². The molecule has 34 heavy (non-hydrogen) atoms. The number of halogens is 6. The molecule has 0 unspecified atom stereocenters. The number of hydrogen-bond donors (Lipinski definition) is 2. The maximum Gasteiger partial charge on any atom is 0.416 e. The highest BCUT2D eigenvalue weighted by Crippen LogP contribution is 2.39. The summed E-state index contributed by atoms with van der Waals surface area (Å²) in [5, 5.41) is 3.23. The third-order valence-corrected chi connectivity index (χ3v) is 6.41. The predicted molar refractivity (Wildman–Crippen MR) is 113 cm³/mol. The van der Waals surface area contributed by atoms with Gasteiger partial charge in [-0.1, -0.05) is 30.3 Å². The highest BCUT2D eigenvalue weighted by Gasteiger charge is 2.42. The molecular formula is C22H24F6N2O3S. The van der Waals surface area contributed by atoms with E-state index in [0.717, 1.165) is 11.8 Å². The second kappa shape index (κ2) is 9.48. The molecule has 1 saturated heterocycles. The fourth-order valence-electron chi connectivity index (χ4n) is 4.02. The van der Waals surface area contributed by atoms with Gasteiger partial charge in [-0.05, 0) is 42.7 Å². The quantitative estimate of drug-likeness (QED) is 0.534. The maximum atomic E-state index is 13.2. The Bertz CT molecular complexity index is 1070. The minimum absolute atomic E-state index is 0.0711. The molecule has 1 fully saturated rings. The van der Waals surface area contributed by atoms with Gasteiger partial charge in [0.1, 0.15) is 0 Å². The molecule has 0 aromatic heterocycles. The van der Waals surface area contributed by atoms with E-state index in [0.29, 0.717) is 12.1 Å². The zero-order chi connectivity index (χ0) is 25.4. The van der Waals surface area contributed by atoms with Crippen LogP contribution >= 0.6 is 0 Å². The normalized spacial score (nSPS) is 22.6.